The molecule has 3 nitrogen and oxygen atoms in total. The third kappa shape index (κ3) is 6.73. The monoisotopic (exact) mass is 269 g/mol. The first-order valence-corrected chi connectivity index (χ1v) is 7.95. The molecule has 0 aromatic carbocycles. The highest BCUT2D eigenvalue weighted by Crippen LogP contribution is 2.17. The van der Waals surface area contributed by atoms with Crippen molar-refractivity contribution in [3.63, 3.8) is 0 Å². The van der Waals surface area contributed by atoms with Gasteiger partial charge in [0.05, 0.1) is 0 Å². The Morgan fingerprint density at radius 1 is 1.37 bits per heavy atom. The highest BCUT2D eigenvalue weighted by Gasteiger charge is 2.23. The predicted molar refractivity (Wildman–Crippen MR) is 84.7 cm³/mol. The van der Waals surface area contributed by atoms with Crippen LogP contribution in [0.3, 0.4) is 0 Å². The number of piperidine rings is 1. The molecule has 2 unspecified atom stereocenters. The quantitative estimate of drug-likeness (QED) is 0.748. The molecule has 0 aromatic rings. The van der Waals surface area contributed by atoms with Gasteiger partial charge in [-0.3, -0.25) is 4.90 Å². The summed E-state index contributed by atoms with van der Waals surface area (Å²) >= 11 is 0. The minimum Gasteiger partial charge on any atom is -0.312 e. The van der Waals surface area contributed by atoms with Gasteiger partial charge in [0.15, 0.2) is 0 Å². The largest absolute Gasteiger partial charge is 0.312 e. The van der Waals surface area contributed by atoms with Crippen molar-refractivity contribution in [1.82, 2.24) is 15.1 Å². The molecule has 1 fully saturated rings. The Kier molecular flexibility index (Phi) is 6.78. The molecule has 1 heterocycles. The lowest BCUT2D eigenvalue weighted by molar-refractivity contribution is 0.100. The van der Waals surface area contributed by atoms with Crippen LogP contribution in [-0.4, -0.2) is 61.2 Å². The van der Waals surface area contributed by atoms with E-state index in [4.69, 9.17) is 0 Å². The smallest absolute Gasteiger partial charge is 0.0223 e. The van der Waals surface area contributed by atoms with Crippen molar-refractivity contribution >= 4 is 0 Å². The maximum Gasteiger partial charge on any atom is 0.0223 e. The fourth-order valence-corrected chi connectivity index (χ4v) is 2.90. The number of likely N-dealkylation sites (N-methyl/N-ethyl adjacent to an activating group) is 2. The van der Waals surface area contributed by atoms with Crippen LogP contribution in [0.1, 0.15) is 53.4 Å². The van der Waals surface area contributed by atoms with Crippen molar-refractivity contribution < 1.29 is 0 Å². The van der Waals surface area contributed by atoms with Crippen LogP contribution in [0.25, 0.3) is 0 Å². The second-order valence-corrected chi connectivity index (χ2v) is 7.39. The van der Waals surface area contributed by atoms with Crippen LogP contribution < -0.4 is 5.32 Å². The Bertz CT molecular complexity index is 247. The Hall–Kier alpha value is -0.120. The van der Waals surface area contributed by atoms with Gasteiger partial charge in [-0.15, -0.1) is 0 Å². The zero-order valence-electron chi connectivity index (χ0n) is 14.0. The number of nitrogens with zero attached hydrogens (tertiary/aromatic N) is 2. The molecule has 1 N–H and O–H groups in total. The molecule has 114 valence electrons. The van der Waals surface area contributed by atoms with E-state index < -0.39 is 0 Å². The van der Waals surface area contributed by atoms with E-state index in [1.165, 1.54) is 38.8 Å². The summed E-state index contributed by atoms with van der Waals surface area (Å²) in [6, 6.07) is 1.45. The van der Waals surface area contributed by atoms with Crippen molar-refractivity contribution in [3.8, 4) is 0 Å². The lowest BCUT2D eigenvalue weighted by atomic mass is 10.0. The number of hydrogen-bond acceptors (Lipinski definition) is 3. The van der Waals surface area contributed by atoms with Crippen molar-refractivity contribution in [2.75, 3.05) is 33.7 Å². The average molecular weight is 269 g/mol. The lowest BCUT2D eigenvalue weighted by Gasteiger charge is -2.39. The highest BCUT2D eigenvalue weighted by molar-refractivity contribution is 4.80. The number of nitrogens with one attached hydrogen (secondary N) is 1. The Balaban J connectivity index is 2.22. The standard InChI is InChI=1S/C16H35N3/c1-14(9-7-11-17-16(2,3)4)19(6)15-10-8-12-18(5)13-15/h14-15,17H,7-13H2,1-6H3. The summed E-state index contributed by atoms with van der Waals surface area (Å²) < 4.78 is 0. The third-order valence-corrected chi connectivity index (χ3v) is 4.32. The summed E-state index contributed by atoms with van der Waals surface area (Å²) in [5.74, 6) is 0. The van der Waals surface area contributed by atoms with Crippen LogP contribution in [-0.2, 0) is 0 Å². The van der Waals surface area contributed by atoms with Crippen molar-refractivity contribution in [2.45, 2.75) is 71.0 Å². The van der Waals surface area contributed by atoms with Crippen molar-refractivity contribution in [3.05, 3.63) is 0 Å². The van der Waals surface area contributed by atoms with E-state index in [2.05, 4.69) is 56.9 Å². The van der Waals surface area contributed by atoms with Crippen LogP contribution in [0.5, 0.6) is 0 Å². The maximum absolute atomic E-state index is 3.58. The van der Waals surface area contributed by atoms with Gasteiger partial charge in [0.1, 0.15) is 0 Å². The van der Waals surface area contributed by atoms with Crippen molar-refractivity contribution in [2.24, 2.45) is 0 Å². The van der Waals surface area contributed by atoms with E-state index in [1.54, 1.807) is 0 Å². The summed E-state index contributed by atoms with van der Waals surface area (Å²) in [6.45, 7) is 12.7. The first-order chi connectivity index (χ1) is 8.79. The van der Waals surface area contributed by atoms with Crippen LogP contribution >= 0.6 is 0 Å². The molecule has 2 atom stereocenters. The van der Waals surface area contributed by atoms with Gasteiger partial charge in [-0.2, -0.15) is 0 Å². The normalized spacial score (nSPS) is 23.8. The molecular weight excluding hydrogens is 234 g/mol. The molecule has 0 bridgehead atoms. The molecule has 0 aliphatic carbocycles. The SMILES string of the molecule is CC(CCCNC(C)(C)C)N(C)C1CCCN(C)C1. The molecule has 0 aromatic heterocycles. The summed E-state index contributed by atoms with van der Waals surface area (Å²) in [4.78, 5) is 5.07. The molecule has 1 saturated heterocycles. The molecule has 1 rings (SSSR count). The van der Waals surface area contributed by atoms with Crippen LogP contribution in [0.15, 0.2) is 0 Å². The van der Waals surface area contributed by atoms with Gasteiger partial charge in [-0.05, 0) is 80.6 Å². The summed E-state index contributed by atoms with van der Waals surface area (Å²) in [5, 5.41) is 3.58. The Labute approximate surface area is 120 Å². The molecule has 1 aliphatic heterocycles. The lowest BCUT2D eigenvalue weighted by Crippen LogP contribution is -2.48. The topological polar surface area (TPSA) is 18.5 Å². The van der Waals surface area contributed by atoms with E-state index in [9.17, 15) is 0 Å². The fourth-order valence-electron chi connectivity index (χ4n) is 2.90. The molecule has 0 spiro atoms. The molecule has 1 aliphatic rings. The van der Waals surface area contributed by atoms with E-state index in [1.807, 2.05) is 0 Å². The first-order valence-electron chi connectivity index (χ1n) is 7.95. The zero-order chi connectivity index (χ0) is 14.5. The van der Waals surface area contributed by atoms with Crippen LogP contribution in [0, 0.1) is 0 Å². The highest BCUT2D eigenvalue weighted by atomic mass is 15.2. The molecule has 0 saturated carbocycles. The summed E-state index contributed by atoms with van der Waals surface area (Å²) in [6.07, 6.45) is 5.28. The predicted octanol–water partition coefficient (Wildman–Crippen LogP) is 2.57. The number of hydrogen-bond donors (Lipinski definition) is 1. The minimum atomic E-state index is 0.251. The maximum atomic E-state index is 3.58. The zero-order valence-corrected chi connectivity index (χ0v) is 14.0. The molecule has 19 heavy (non-hydrogen) atoms. The van der Waals surface area contributed by atoms with Gasteiger partial charge in [0, 0.05) is 24.2 Å². The Morgan fingerprint density at radius 3 is 2.63 bits per heavy atom. The van der Waals surface area contributed by atoms with Gasteiger partial charge in [0.25, 0.3) is 0 Å². The van der Waals surface area contributed by atoms with E-state index >= 15 is 0 Å². The number of rotatable bonds is 6. The van der Waals surface area contributed by atoms with Gasteiger partial charge in [-0.1, -0.05) is 0 Å². The van der Waals surface area contributed by atoms with E-state index in [-0.39, 0.29) is 5.54 Å². The second-order valence-electron chi connectivity index (χ2n) is 7.39. The summed E-state index contributed by atoms with van der Waals surface area (Å²) in [7, 11) is 4.56. The third-order valence-electron chi connectivity index (χ3n) is 4.32. The fraction of sp³-hybridized carbons (Fsp3) is 1.00. The van der Waals surface area contributed by atoms with Gasteiger partial charge >= 0.3 is 0 Å². The Morgan fingerprint density at radius 2 is 2.05 bits per heavy atom. The van der Waals surface area contributed by atoms with Crippen molar-refractivity contribution in [1.29, 1.82) is 0 Å². The van der Waals surface area contributed by atoms with Gasteiger partial charge in [-0.25, -0.2) is 0 Å². The molecule has 0 amide bonds. The molecule has 3 heteroatoms. The minimum absolute atomic E-state index is 0.251. The second kappa shape index (κ2) is 7.61. The van der Waals surface area contributed by atoms with Crippen LogP contribution in [0.4, 0.5) is 0 Å². The average Bonchev–Trinajstić information content (AvgIpc) is 2.32. The van der Waals surface area contributed by atoms with Crippen LogP contribution in [0.2, 0.25) is 0 Å². The van der Waals surface area contributed by atoms with Gasteiger partial charge < -0.3 is 10.2 Å². The van der Waals surface area contributed by atoms with E-state index in [0.29, 0.717) is 6.04 Å². The molecule has 0 radical (unpaired) electrons. The van der Waals surface area contributed by atoms with E-state index in [0.717, 1.165) is 12.6 Å². The summed E-state index contributed by atoms with van der Waals surface area (Å²) in [5.41, 5.74) is 0.251. The van der Waals surface area contributed by atoms with Gasteiger partial charge in [0.2, 0.25) is 0 Å². The molecular formula is C16H35N3. The first kappa shape index (κ1) is 16.9. The number of likely N-dealkylation sites (tertiary alicyclic amines) is 1.